The van der Waals surface area contributed by atoms with Crippen molar-refractivity contribution < 1.29 is 14.3 Å². The summed E-state index contributed by atoms with van der Waals surface area (Å²) in [5, 5.41) is 10.9. The normalized spacial score (nSPS) is 13.5. The predicted octanol–water partition coefficient (Wildman–Crippen LogP) is 5.07. The van der Waals surface area contributed by atoms with Gasteiger partial charge in [0.25, 0.3) is 0 Å². The van der Waals surface area contributed by atoms with E-state index >= 15 is 0 Å². The molecule has 0 spiro atoms. The Morgan fingerprint density at radius 3 is 2.65 bits per heavy atom. The number of benzene rings is 2. The fraction of sp³-hybridized carbons (Fsp3) is 0.167. The van der Waals surface area contributed by atoms with E-state index < -0.39 is 6.09 Å². The van der Waals surface area contributed by atoms with E-state index in [1.54, 1.807) is 36.6 Å². The lowest BCUT2D eigenvalue weighted by Crippen LogP contribution is -2.27. The molecule has 6 nitrogen and oxygen atoms in total. The highest BCUT2D eigenvalue weighted by molar-refractivity contribution is 8.13. The standard InChI is InChI=1S/C24H23N3O3S/c1-30-24(29)27-23(31-2)26-20-11-12-21(22(28)17-8-4-3-5-9-17)18(15-20)13-16-7-6-10-19(25)14-16/h3-12,15,25H,13-14H2,1-2H3,(H,26,27,29). The van der Waals surface area contributed by atoms with Crippen LogP contribution in [0.25, 0.3) is 0 Å². The van der Waals surface area contributed by atoms with Gasteiger partial charge in [0.05, 0.1) is 12.8 Å². The molecule has 0 saturated heterocycles. The van der Waals surface area contributed by atoms with Crippen LogP contribution in [0.5, 0.6) is 0 Å². The SMILES string of the molecule is COC(=O)NC(=Nc1ccc(C(=O)c2ccccc2)c(CC2=CC=CC(=N)C2)c1)SC. The highest BCUT2D eigenvalue weighted by Crippen LogP contribution is 2.26. The zero-order chi connectivity index (χ0) is 22.2. The molecule has 0 saturated carbocycles. The van der Waals surface area contributed by atoms with Crippen molar-refractivity contribution in [3.05, 3.63) is 89.0 Å². The lowest BCUT2D eigenvalue weighted by Gasteiger charge is -2.14. The quantitative estimate of drug-likeness (QED) is 0.391. The van der Waals surface area contributed by atoms with Crippen molar-refractivity contribution in [3.8, 4) is 0 Å². The van der Waals surface area contributed by atoms with Crippen molar-refractivity contribution in [1.82, 2.24) is 5.32 Å². The molecule has 0 atom stereocenters. The molecular formula is C24H23N3O3S. The molecule has 0 aromatic heterocycles. The van der Waals surface area contributed by atoms with Crippen molar-refractivity contribution in [2.75, 3.05) is 13.4 Å². The number of nitrogens with one attached hydrogen (secondary N) is 2. The summed E-state index contributed by atoms with van der Waals surface area (Å²) < 4.78 is 4.63. The summed E-state index contributed by atoms with van der Waals surface area (Å²) in [4.78, 5) is 29.2. The molecule has 0 heterocycles. The molecule has 1 aliphatic rings. The molecule has 1 amide bonds. The van der Waals surface area contributed by atoms with Gasteiger partial charge in [0.1, 0.15) is 0 Å². The Balaban J connectivity index is 1.99. The van der Waals surface area contributed by atoms with Crippen LogP contribution in [0.2, 0.25) is 0 Å². The van der Waals surface area contributed by atoms with Gasteiger partial charge in [-0.3, -0.25) is 10.1 Å². The first-order valence-corrected chi connectivity index (χ1v) is 10.9. The maximum Gasteiger partial charge on any atom is 0.412 e. The summed E-state index contributed by atoms with van der Waals surface area (Å²) in [5.41, 5.74) is 4.23. The molecule has 7 heteroatoms. The van der Waals surface area contributed by atoms with E-state index in [9.17, 15) is 9.59 Å². The Morgan fingerprint density at radius 1 is 1.19 bits per heavy atom. The van der Waals surface area contributed by atoms with Crippen molar-refractivity contribution in [1.29, 1.82) is 5.41 Å². The Bertz CT molecular complexity index is 1090. The van der Waals surface area contributed by atoms with Crippen molar-refractivity contribution >= 4 is 40.2 Å². The Labute approximate surface area is 185 Å². The lowest BCUT2D eigenvalue weighted by molar-refractivity contribution is 0.103. The van der Waals surface area contributed by atoms with Gasteiger partial charge in [-0.15, -0.1) is 0 Å². The van der Waals surface area contributed by atoms with Crippen LogP contribution in [0.1, 0.15) is 27.9 Å². The largest absolute Gasteiger partial charge is 0.453 e. The van der Waals surface area contributed by atoms with Crippen LogP contribution in [0.4, 0.5) is 10.5 Å². The molecule has 1 aliphatic carbocycles. The van der Waals surface area contributed by atoms with Gasteiger partial charge in [0.15, 0.2) is 11.0 Å². The summed E-state index contributed by atoms with van der Waals surface area (Å²) >= 11 is 1.28. The smallest absolute Gasteiger partial charge is 0.412 e. The molecular weight excluding hydrogens is 410 g/mol. The minimum absolute atomic E-state index is 0.0640. The van der Waals surface area contributed by atoms with Gasteiger partial charge < -0.3 is 10.1 Å². The lowest BCUT2D eigenvalue weighted by atomic mass is 9.91. The second-order valence-electron chi connectivity index (χ2n) is 6.84. The predicted molar refractivity (Wildman–Crippen MR) is 126 cm³/mol. The monoisotopic (exact) mass is 433 g/mol. The summed E-state index contributed by atoms with van der Waals surface area (Å²) in [5.74, 6) is -0.0640. The van der Waals surface area contributed by atoms with Crippen LogP contribution in [0.3, 0.4) is 0 Å². The highest BCUT2D eigenvalue weighted by atomic mass is 32.2. The molecule has 31 heavy (non-hydrogen) atoms. The van der Waals surface area contributed by atoms with E-state index in [1.165, 1.54) is 18.9 Å². The van der Waals surface area contributed by atoms with Gasteiger partial charge >= 0.3 is 6.09 Å². The van der Waals surface area contributed by atoms with Crippen LogP contribution in [0.15, 0.2) is 77.3 Å². The maximum atomic E-state index is 13.2. The number of hydrogen-bond donors (Lipinski definition) is 2. The summed E-state index contributed by atoms with van der Waals surface area (Å²) in [6.07, 6.45) is 7.88. The minimum atomic E-state index is -0.596. The molecule has 0 fully saturated rings. The number of carbonyl (C=O) groups excluding carboxylic acids is 2. The summed E-state index contributed by atoms with van der Waals surface area (Å²) in [7, 11) is 1.29. The first kappa shape index (κ1) is 22.2. The van der Waals surface area contributed by atoms with Gasteiger partial charge in [-0.25, -0.2) is 9.79 Å². The average Bonchev–Trinajstić information content (AvgIpc) is 2.79. The minimum Gasteiger partial charge on any atom is -0.453 e. The summed E-state index contributed by atoms with van der Waals surface area (Å²) in [6.45, 7) is 0. The molecule has 2 aromatic carbocycles. The second-order valence-corrected chi connectivity index (χ2v) is 7.63. The van der Waals surface area contributed by atoms with E-state index in [4.69, 9.17) is 5.41 Å². The van der Waals surface area contributed by atoms with Gasteiger partial charge in [-0.05, 0) is 42.5 Å². The molecule has 0 unspecified atom stereocenters. The second kappa shape index (κ2) is 10.5. The highest BCUT2D eigenvalue weighted by Gasteiger charge is 2.16. The number of nitrogens with zero attached hydrogens (tertiary/aromatic N) is 1. The van der Waals surface area contributed by atoms with Crippen LogP contribution in [-0.4, -0.2) is 36.1 Å². The first-order chi connectivity index (χ1) is 15.0. The number of allylic oxidation sites excluding steroid dienone is 4. The number of thioether (sulfide) groups is 1. The van der Waals surface area contributed by atoms with Crippen molar-refractivity contribution in [2.45, 2.75) is 12.8 Å². The zero-order valence-electron chi connectivity index (χ0n) is 17.3. The number of ketones is 1. The fourth-order valence-electron chi connectivity index (χ4n) is 3.17. The number of amides is 1. The zero-order valence-corrected chi connectivity index (χ0v) is 18.2. The summed E-state index contributed by atoms with van der Waals surface area (Å²) in [6, 6.07) is 14.5. The topological polar surface area (TPSA) is 91.6 Å². The number of ether oxygens (including phenoxy) is 1. The Hall–Kier alpha value is -3.45. The van der Waals surface area contributed by atoms with Crippen LogP contribution in [0, 0.1) is 5.41 Å². The third kappa shape index (κ3) is 6.02. The van der Waals surface area contributed by atoms with Gasteiger partial charge in [0, 0.05) is 23.3 Å². The molecule has 0 radical (unpaired) electrons. The van der Waals surface area contributed by atoms with Crippen molar-refractivity contribution in [2.24, 2.45) is 4.99 Å². The Morgan fingerprint density at radius 2 is 1.97 bits per heavy atom. The van der Waals surface area contributed by atoms with E-state index in [0.29, 0.717) is 40.5 Å². The average molecular weight is 434 g/mol. The third-order valence-corrected chi connectivity index (χ3v) is 5.23. The van der Waals surface area contributed by atoms with Gasteiger partial charge in [-0.2, -0.15) is 0 Å². The molecule has 0 aliphatic heterocycles. The molecule has 3 rings (SSSR count). The number of amidine groups is 1. The molecule has 158 valence electrons. The Kier molecular flexibility index (Phi) is 7.56. The number of aliphatic imine (C=N–C) groups is 1. The molecule has 2 aromatic rings. The van der Waals surface area contributed by atoms with Crippen molar-refractivity contribution in [3.63, 3.8) is 0 Å². The molecule has 2 N–H and O–H groups in total. The maximum absolute atomic E-state index is 13.2. The first-order valence-electron chi connectivity index (χ1n) is 9.64. The van der Waals surface area contributed by atoms with Gasteiger partial charge in [0.2, 0.25) is 0 Å². The van der Waals surface area contributed by atoms with Crippen LogP contribution in [-0.2, 0) is 11.2 Å². The fourth-order valence-corrected chi connectivity index (χ4v) is 3.55. The van der Waals surface area contributed by atoms with E-state index in [0.717, 1.165) is 11.1 Å². The number of rotatable bonds is 5. The number of hydrogen-bond acceptors (Lipinski definition) is 6. The van der Waals surface area contributed by atoms with Crippen LogP contribution >= 0.6 is 11.8 Å². The van der Waals surface area contributed by atoms with E-state index in [-0.39, 0.29) is 5.78 Å². The van der Waals surface area contributed by atoms with Crippen LogP contribution < -0.4 is 5.32 Å². The number of carbonyl (C=O) groups is 2. The van der Waals surface area contributed by atoms with Gasteiger partial charge in [-0.1, -0.05) is 59.8 Å². The van der Waals surface area contributed by atoms with E-state index in [2.05, 4.69) is 15.0 Å². The molecule has 0 bridgehead atoms. The third-order valence-electron chi connectivity index (χ3n) is 4.65. The number of methoxy groups -OCH3 is 1. The number of alkyl carbamates (subject to hydrolysis) is 1. The van der Waals surface area contributed by atoms with E-state index in [1.807, 2.05) is 36.4 Å².